The van der Waals surface area contributed by atoms with Crippen molar-refractivity contribution in [2.24, 2.45) is 5.73 Å². The number of carbonyl (C=O) groups excluding carboxylic acids is 1. The SMILES string of the molecule is NC(=S)c1ccc(CNC(=O)C2Cc3ccccc32)cc1. The minimum atomic E-state index is -0.00269. The molecule has 1 amide bonds. The van der Waals surface area contributed by atoms with Gasteiger partial charge in [-0.2, -0.15) is 0 Å². The standard InChI is InChI=1S/C17H16N2OS/c18-16(21)12-7-5-11(6-8-12)10-19-17(20)15-9-13-3-1-2-4-14(13)15/h1-8,15H,9-10H2,(H2,18,21)(H,19,20). The lowest BCUT2D eigenvalue weighted by Gasteiger charge is -2.28. The number of benzene rings is 2. The molecule has 3 rings (SSSR count). The topological polar surface area (TPSA) is 55.1 Å². The Morgan fingerprint density at radius 2 is 1.90 bits per heavy atom. The third-order valence-electron chi connectivity index (χ3n) is 3.88. The highest BCUT2D eigenvalue weighted by atomic mass is 32.1. The molecular formula is C17H16N2OS. The molecule has 4 heteroatoms. The number of nitrogens with one attached hydrogen (secondary N) is 1. The highest BCUT2D eigenvalue weighted by Gasteiger charge is 2.31. The molecule has 0 aliphatic heterocycles. The van der Waals surface area contributed by atoms with Crippen LogP contribution in [0.15, 0.2) is 48.5 Å². The maximum absolute atomic E-state index is 12.2. The van der Waals surface area contributed by atoms with Gasteiger partial charge in [0.1, 0.15) is 4.99 Å². The molecule has 0 fully saturated rings. The second-order valence-electron chi connectivity index (χ2n) is 5.23. The van der Waals surface area contributed by atoms with Crippen LogP contribution in [-0.4, -0.2) is 10.9 Å². The first kappa shape index (κ1) is 13.8. The normalized spacial score (nSPS) is 15.7. The average molecular weight is 296 g/mol. The van der Waals surface area contributed by atoms with Gasteiger partial charge in [-0.3, -0.25) is 4.79 Å². The van der Waals surface area contributed by atoms with Crippen molar-refractivity contribution in [3.05, 3.63) is 70.8 Å². The first-order valence-electron chi connectivity index (χ1n) is 6.89. The molecule has 1 unspecified atom stereocenters. The van der Waals surface area contributed by atoms with Crippen LogP contribution < -0.4 is 11.1 Å². The van der Waals surface area contributed by atoms with Crippen molar-refractivity contribution in [3.8, 4) is 0 Å². The number of carbonyl (C=O) groups is 1. The van der Waals surface area contributed by atoms with E-state index in [4.69, 9.17) is 18.0 Å². The number of thiocarbonyl (C=S) groups is 1. The Hall–Kier alpha value is -2.20. The Kier molecular flexibility index (Phi) is 3.71. The van der Waals surface area contributed by atoms with Crippen molar-refractivity contribution in [2.75, 3.05) is 0 Å². The fourth-order valence-electron chi connectivity index (χ4n) is 2.59. The molecule has 1 aliphatic carbocycles. The molecule has 3 nitrogen and oxygen atoms in total. The molecular weight excluding hydrogens is 280 g/mol. The second kappa shape index (κ2) is 5.66. The molecule has 0 saturated carbocycles. The van der Waals surface area contributed by atoms with E-state index in [2.05, 4.69) is 11.4 Å². The van der Waals surface area contributed by atoms with Gasteiger partial charge < -0.3 is 11.1 Å². The van der Waals surface area contributed by atoms with Crippen molar-refractivity contribution in [1.29, 1.82) is 0 Å². The third kappa shape index (κ3) is 2.81. The van der Waals surface area contributed by atoms with Crippen LogP contribution in [0, 0.1) is 0 Å². The van der Waals surface area contributed by atoms with E-state index in [-0.39, 0.29) is 11.8 Å². The van der Waals surface area contributed by atoms with Crippen LogP contribution in [0.25, 0.3) is 0 Å². The quantitative estimate of drug-likeness (QED) is 0.851. The monoisotopic (exact) mass is 296 g/mol. The highest BCUT2D eigenvalue weighted by Crippen LogP contribution is 2.34. The van der Waals surface area contributed by atoms with E-state index in [0.717, 1.165) is 23.1 Å². The Morgan fingerprint density at radius 1 is 1.19 bits per heavy atom. The van der Waals surface area contributed by atoms with Gasteiger partial charge in [0.15, 0.2) is 0 Å². The smallest absolute Gasteiger partial charge is 0.228 e. The van der Waals surface area contributed by atoms with E-state index in [0.29, 0.717) is 11.5 Å². The van der Waals surface area contributed by atoms with Gasteiger partial charge in [0.05, 0.1) is 5.92 Å². The molecule has 21 heavy (non-hydrogen) atoms. The summed E-state index contributed by atoms with van der Waals surface area (Å²) in [5.41, 5.74) is 9.86. The van der Waals surface area contributed by atoms with E-state index in [1.54, 1.807) is 0 Å². The average Bonchev–Trinajstić information content (AvgIpc) is 2.47. The van der Waals surface area contributed by atoms with Crippen LogP contribution in [0.2, 0.25) is 0 Å². The Morgan fingerprint density at radius 3 is 2.57 bits per heavy atom. The summed E-state index contributed by atoms with van der Waals surface area (Å²) in [6, 6.07) is 15.7. The Balaban J connectivity index is 1.59. The minimum Gasteiger partial charge on any atom is -0.389 e. The zero-order valence-electron chi connectivity index (χ0n) is 11.5. The Bertz CT molecular complexity index is 694. The van der Waals surface area contributed by atoms with E-state index in [1.807, 2.05) is 42.5 Å². The van der Waals surface area contributed by atoms with E-state index in [1.165, 1.54) is 5.56 Å². The fraction of sp³-hybridized carbons (Fsp3) is 0.176. The third-order valence-corrected chi connectivity index (χ3v) is 4.11. The van der Waals surface area contributed by atoms with Gasteiger partial charge in [-0.15, -0.1) is 0 Å². The van der Waals surface area contributed by atoms with E-state index < -0.39 is 0 Å². The number of rotatable bonds is 4. The van der Waals surface area contributed by atoms with Crippen LogP contribution in [0.3, 0.4) is 0 Å². The molecule has 0 saturated heterocycles. The second-order valence-corrected chi connectivity index (χ2v) is 5.67. The number of amides is 1. The number of hydrogen-bond donors (Lipinski definition) is 2. The summed E-state index contributed by atoms with van der Waals surface area (Å²) >= 11 is 4.91. The maximum atomic E-state index is 12.2. The molecule has 0 heterocycles. The molecule has 3 N–H and O–H groups in total. The predicted molar refractivity (Wildman–Crippen MR) is 87.1 cm³/mol. The highest BCUT2D eigenvalue weighted by molar-refractivity contribution is 7.80. The molecule has 0 spiro atoms. The Labute approximate surface area is 129 Å². The number of nitrogens with two attached hydrogens (primary N) is 1. The van der Waals surface area contributed by atoms with Crippen LogP contribution in [0.4, 0.5) is 0 Å². The molecule has 0 radical (unpaired) electrons. The first-order chi connectivity index (χ1) is 10.1. The molecule has 1 atom stereocenters. The largest absolute Gasteiger partial charge is 0.389 e. The van der Waals surface area contributed by atoms with Crippen molar-refractivity contribution in [2.45, 2.75) is 18.9 Å². The summed E-state index contributed by atoms with van der Waals surface area (Å²) in [5.74, 6) is 0.0872. The van der Waals surface area contributed by atoms with Gasteiger partial charge in [-0.1, -0.05) is 60.7 Å². The molecule has 106 valence electrons. The lowest BCUT2D eigenvalue weighted by molar-refractivity contribution is -0.123. The van der Waals surface area contributed by atoms with Crippen LogP contribution >= 0.6 is 12.2 Å². The van der Waals surface area contributed by atoms with Crippen molar-refractivity contribution in [3.63, 3.8) is 0 Å². The van der Waals surface area contributed by atoms with Gasteiger partial charge in [0, 0.05) is 12.1 Å². The zero-order chi connectivity index (χ0) is 14.8. The molecule has 0 bridgehead atoms. The lowest BCUT2D eigenvalue weighted by Crippen LogP contribution is -2.35. The summed E-state index contributed by atoms with van der Waals surface area (Å²) < 4.78 is 0. The van der Waals surface area contributed by atoms with Crippen molar-refractivity contribution in [1.82, 2.24) is 5.32 Å². The molecule has 2 aromatic carbocycles. The van der Waals surface area contributed by atoms with E-state index >= 15 is 0 Å². The minimum absolute atomic E-state index is 0.00269. The summed E-state index contributed by atoms with van der Waals surface area (Å²) in [4.78, 5) is 12.6. The summed E-state index contributed by atoms with van der Waals surface area (Å²) in [6.07, 6.45) is 0.836. The van der Waals surface area contributed by atoms with E-state index in [9.17, 15) is 4.79 Å². The predicted octanol–water partition coefficient (Wildman–Crippen LogP) is 2.28. The summed E-state index contributed by atoms with van der Waals surface area (Å²) in [6.45, 7) is 0.523. The first-order valence-corrected chi connectivity index (χ1v) is 7.30. The van der Waals surface area contributed by atoms with Gasteiger partial charge in [-0.05, 0) is 23.1 Å². The van der Waals surface area contributed by atoms with Gasteiger partial charge >= 0.3 is 0 Å². The molecule has 2 aromatic rings. The van der Waals surface area contributed by atoms with Gasteiger partial charge in [0.25, 0.3) is 0 Å². The van der Waals surface area contributed by atoms with Gasteiger partial charge in [-0.25, -0.2) is 0 Å². The van der Waals surface area contributed by atoms with Crippen molar-refractivity contribution >= 4 is 23.1 Å². The maximum Gasteiger partial charge on any atom is 0.228 e. The lowest BCUT2D eigenvalue weighted by atomic mass is 9.77. The number of fused-ring (bicyclic) bond motifs is 1. The summed E-state index contributed by atoms with van der Waals surface area (Å²) in [7, 11) is 0. The van der Waals surface area contributed by atoms with Gasteiger partial charge in [0.2, 0.25) is 5.91 Å². The van der Waals surface area contributed by atoms with Crippen LogP contribution in [-0.2, 0) is 17.8 Å². The van der Waals surface area contributed by atoms with Crippen LogP contribution in [0.5, 0.6) is 0 Å². The summed E-state index contributed by atoms with van der Waals surface area (Å²) in [5, 5.41) is 2.99. The number of hydrogen-bond acceptors (Lipinski definition) is 2. The van der Waals surface area contributed by atoms with Crippen LogP contribution in [0.1, 0.15) is 28.2 Å². The molecule has 0 aromatic heterocycles. The zero-order valence-corrected chi connectivity index (χ0v) is 12.3. The van der Waals surface area contributed by atoms with Crippen molar-refractivity contribution < 1.29 is 4.79 Å². The molecule has 1 aliphatic rings. The fourth-order valence-corrected chi connectivity index (χ4v) is 2.73.